The van der Waals surface area contributed by atoms with Gasteiger partial charge in [0.25, 0.3) is 0 Å². The largest absolute Gasteiger partial charge is 0.377 e. The molecule has 2 aromatic carbocycles. The molecule has 0 aliphatic heterocycles. The molecule has 0 atom stereocenters. The Balaban J connectivity index is 1.77. The lowest BCUT2D eigenvalue weighted by Gasteiger charge is -2.16. The van der Waals surface area contributed by atoms with Gasteiger partial charge in [-0.1, -0.05) is 11.6 Å². The molecule has 3 rings (SSSR count). The Labute approximate surface area is 170 Å². The van der Waals surface area contributed by atoms with E-state index in [1.54, 1.807) is 0 Å². The summed E-state index contributed by atoms with van der Waals surface area (Å²) >= 11 is 5.97. The average molecular weight is 397 g/mol. The Morgan fingerprint density at radius 3 is 2.39 bits per heavy atom. The molecule has 0 bridgehead atoms. The van der Waals surface area contributed by atoms with Gasteiger partial charge in [0.15, 0.2) is 0 Å². The van der Waals surface area contributed by atoms with E-state index in [1.807, 2.05) is 82.0 Å². The van der Waals surface area contributed by atoms with Crippen molar-refractivity contribution in [2.75, 3.05) is 24.3 Å². The number of nitrogens with one attached hydrogen (secondary N) is 1. The molecule has 0 spiro atoms. The maximum absolute atomic E-state index is 12.6. The third kappa shape index (κ3) is 4.20. The van der Waals surface area contributed by atoms with E-state index < -0.39 is 0 Å². The van der Waals surface area contributed by atoms with Crippen LogP contribution in [0.25, 0.3) is 5.69 Å². The lowest BCUT2D eigenvalue weighted by atomic mass is 10.1. The molecule has 5 nitrogen and oxygen atoms in total. The smallest absolute Gasteiger partial charge is 0.228 e. The molecule has 0 unspecified atom stereocenters. The molecule has 1 N–H and O–H groups in total. The minimum Gasteiger partial charge on any atom is -0.377 e. The Morgan fingerprint density at radius 2 is 1.79 bits per heavy atom. The van der Waals surface area contributed by atoms with Crippen LogP contribution in [0, 0.1) is 20.8 Å². The van der Waals surface area contributed by atoms with Crippen molar-refractivity contribution in [2.45, 2.75) is 27.2 Å². The van der Waals surface area contributed by atoms with Crippen LogP contribution in [-0.4, -0.2) is 29.8 Å². The van der Waals surface area contributed by atoms with Gasteiger partial charge in [0.05, 0.1) is 17.8 Å². The van der Waals surface area contributed by atoms with Crippen LogP contribution in [-0.2, 0) is 11.2 Å². The number of benzene rings is 2. The van der Waals surface area contributed by atoms with E-state index in [4.69, 9.17) is 11.6 Å². The van der Waals surface area contributed by atoms with Gasteiger partial charge in [-0.05, 0) is 68.8 Å². The van der Waals surface area contributed by atoms with Gasteiger partial charge >= 0.3 is 0 Å². The summed E-state index contributed by atoms with van der Waals surface area (Å²) in [5.41, 5.74) is 6.71. The highest BCUT2D eigenvalue weighted by molar-refractivity contribution is 6.30. The van der Waals surface area contributed by atoms with Crippen molar-refractivity contribution in [1.29, 1.82) is 0 Å². The van der Waals surface area contributed by atoms with E-state index in [0.29, 0.717) is 5.02 Å². The fourth-order valence-corrected chi connectivity index (χ4v) is 3.49. The summed E-state index contributed by atoms with van der Waals surface area (Å²) in [6.07, 6.45) is 0.278. The highest BCUT2D eigenvalue weighted by atomic mass is 35.5. The van der Waals surface area contributed by atoms with Gasteiger partial charge in [-0.25, -0.2) is 4.68 Å². The highest BCUT2D eigenvalue weighted by Gasteiger charge is 2.16. The second-order valence-electron chi connectivity index (χ2n) is 7.16. The Bertz CT molecular complexity index is 1010. The van der Waals surface area contributed by atoms with Crippen LogP contribution < -0.4 is 10.2 Å². The van der Waals surface area contributed by atoms with Gasteiger partial charge in [-0.3, -0.25) is 4.79 Å². The molecule has 3 aromatic rings. The van der Waals surface area contributed by atoms with Crippen molar-refractivity contribution in [3.8, 4) is 5.69 Å². The van der Waals surface area contributed by atoms with E-state index in [9.17, 15) is 4.79 Å². The van der Waals surface area contributed by atoms with Gasteiger partial charge < -0.3 is 10.2 Å². The number of carbonyl (C=O) groups is 1. The first kappa shape index (κ1) is 20.0. The highest BCUT2D eigenvalue weighted by Crippen LogP contribution is 2.23. The van der Waals surface area contributed by atoms with Crippen molar-refractivity contribution in [3.05, 3.63) is 70.0 Å². The predicted octanol–water partition coefficient (Wildman–Crippen LogP) is 4.70. The van der Waals surface area contributed by atoms with Crippen LogP contribution in [0.3, 0.4) is 0 Å². The van der Waals surface area contributed by atoms with Crippen molar-refractivity contribution >= 4 is 28.9 Å². The zero-order valence-corrected chi connectivity index (χ0v) is 17.6. The van der Waals surface area contributed by atoms with Gasteiger partial charge in [-0.2, -0.15) is 5.10 Å². The second-order valence-corrected chi connectivity index (χ2v) is 7.59. The maximum Gasteiger partial charge on any atom is 0.228 e. The molecule has 6 heteroatoms. The molecule has 0 fully saturated rings. The second kappa shape index (κ2) is 8.07. The van der Waals surface area contributed by atoms with Crippen LogP contribution in [0.2, 0.25) is 5.02 Å². The first-order chi connectivity index (χ1) is 13.3. The van der Waals surface area contributed by atoms with Crippen LogP contribution in [0.15, 0.2) is 42.5 Å². The molecule has 0 radical (unpaired) electrons. The lowest BCUT2D eigenvalue weighted by molar-refractivity contribution is -0.115. The first-order valence-corrected chi connectivity index (χ1v) is 9.53. The van der Waals surface area contributed by atoms with Crippen LogP contribution in [0.5, 0.6) is 0 Å². The summed E-state index contributed by atoms with van der Waals surface area (Å²) in [6, 6.07) is 13.4. The van der Waals surface area contributed by atoms with Crippen LogP contribution >= 0.6 is 11.6 Å². The normalized spacial score (nSPS) is 10.8. The molecular formula is C22H25ClN4O. The third-order valence-electron chi connectivity index (χ3n) is 4.81. The van der Waals surface area contributed by atoms with Crippen molar-refractivity contribution in [1.82, 2.24) is 9.78 Å². The molecule has 0 aliphatic carbocycles. The number of halogens is 1. The number of aryl methyl sites for hydroxylation is 2. The molecule has 1 amide bonds. The molecular weight excluding hydrogens is 372 g/mol. The van der Waals surface area contributed by atoms with E-state index in [-0.39, 0.29) is 12.3 Å². The first-order valence-electron chi connectivity index (χ1n) is 9.15. The lowest BCUT2D eigenvalue weighted by Crippen LogP contribution is -2.16. The Hall–Kier alpha value is -2.79. The van der Waals surface area contributed by atoms with E-state index in [2.05, 4.69) is 15.3 Å². The fraction of sp³-hybridized carbons (Fsp3) is 0.273. The quantitative estimate of drug-likeness (QED) is 0.680. The molecule has 28 heavy (non-hydrogen) atoms. The van der Waals surface area contributed by atoms with E-state index in [0.717, 1.165) is 39.6 Å². The number of hydrogen-bond acceptors (Lipinski definition) is 3. The van der Waals surface area contributed by atoms with Crippen LogP contribution in [0.1, 0.15) is 22.5 Å². The van der Waals surface area contributed by atoms with Crippen molar-refractivity contribution < 1.29 is 4.79 Å². The number of aromatic nitrogens is 2. The summed E-state index contributed by atoms with van der Waals surface area (Å²) in [5, 5.41) is 8.28. The van der Waals surface area contributed by atoms with Gasteiger partial charge in [-0.15, -0.1) is 0 Å². The fourth-order valence-electron chi connectivity index (χ4n) is 3.37. The number of anilines is 2. The third-order valence-corrected chi connectivity index (χ3v) is 5.06. The number of nitrogens with zero attached hydrogens (tertiary/aromatic N) is 3. The van der Waals surface area contributed by atoms with E-state index in [1.165, 1.54) is 0 Å². The number of carbonyl (C=O) groups excluding carboxylic acids is 1. The van der Waals surface area contributed by atoms with E-state index >= 15 is 0 Å². The minimum absolute atomic E-state index is 0.0566. The molecule has 146 valence electrons. The average Bonchev–Trinajstić information content (AvgIpc) is 2.90. The van der Waals surface area contributed by atoms with Gasteiger partial charge in [0, 0.05) is 41.8 Å². The predicted molar refractivity (Wildman–Crippen MR) is 116 cm³/mol. The van der Waals surface area contributed by atoms with Gasteiger partial charge in [0.1, 0.15) is 0 Å². The summed E-state index contributed by atoms with van der Waals surface area (Å²) in [5.74, 6) is -0.0566. The molecule has 1 aromatic heterocycles. The van der Waals surface area contributed by atoms with Crippen molar-refractivity contribution in [2.24, 2.45) is 0 Å². The zero-order chi connectivity index (χ0) is 20.4. The number of rotatable bonds is 5. The molecule has 1 heterocycles. The van der Waals surface area contributed by atoms with Gasteiger partial charge in [0.2, 0.25) is 5.91 Å². The number of hydrogen-bond donors (Lipinski definition) is 1. The molecule has 0 aliphatic rings. The zero-order valence-electron chi connectivity index (χ0n) is 16.9. The van der Waals surface area contributed by atoms with Crippen molar-refractivity contribution in [3.63, 3.8) is 0 Å². The minimum atomic E-state index is -0.0566. The molecule has 0 saturated carbocycles. The standard InChI is InChI=1S/C22H25ClN4O/c1-14-12-18(8-11-21(14)26(4)5)24-22(28)13-20-15(2)25-27(16(20)3)19-9-6-17(23)7-10-19/h6-12H,13H2,1-5H3,(H,24,28). The summed E-state index contributed by atoms with van der Waals surface area (Å²) < 4.78 is 1.85. The Morgan fingerprint density at radius 1 is 1.11 bits per heavy atom. The van der Waals surface area contributed by atoms with Crippen LogP contribution in [0.4, 0.5) is 11.4 Å². The SMILES string of the molecule is Cc1cc(NC(=O)Cc2c(C)nn(-c3ccc(Cl)cc3)c2C)ccc1N(C)C. The topological polar surface area (TPSA) is 50.2 Å². The molecule has 0 saturated heterocycles. The summed E-state index contributed by atoms with van der Waals surface area (Å²) in [4.78, 5) is 14.7. The summed E-state index contributed by atoms with van der Waals surface area (Å²) in [7, 11) is 4.01. The Kier molecular flexibility index (Phi) is 5.75. The number of amides is 1. The monoisotopic (exact) mass is 396 g/mol. The maximum atomic E-state index is 12.6. The summed E-state index contributed by atoms with van der Waals surface area (Å²) in [6.45, 7) is 5.95.